The molecule has 0 aliphatic rings. The zero-order valence-corrected chi connectivity index (χ0v) is 27.5. The van der Waals surface area contributed by atoms with Gasteiger partial charge >= 0.3 is 0 Å². The van der Waals surface area contributed by atoms with Crippen molar-refractivity contribution < 1.29 is 18.0 Å². The van der Waals surface area contributed by atoms with Crippen molar-refractivity contribution in [1.82, 2.24) is 10.2 Å². The van der Waals surface area contributed by atoms with Crippen molar-refractivity contribution in [3.8, 4) is 0 Å². The molecule has 42 heavy (non-hydrogen) atoms. The number of carbonyl (C=O) groups is 2. The first-order valence-corrected chi connectivity index (χ1v) is 16.3. The van der Waals surface area contributed by atoms with Crippen LogP contribution in [-0.4, -0.2) is 43.8 Å². The molecule has 2 atom stereocenters. The number of anilines is 1. The van der Waals surface area contributed by atoms with Crippen LogP contribution in [0.5, 0.6) is 0 Å². The summed E-state index contributed by atoms with van der Waals surface area (Å²) in [6.45, 7) is 6.69. The number of rotatable bonds is 12. The van der Waals surface area contributed by atoms with Crippen LogP contribution in [0, 0.1) is 6.92 Å². The van der Waals surface area contributed by atoms with Crippen LogP contribution in [0.4, 0.5) is 5.69 Å². The number of carbonyl (C=O) groups excluding carboxylic acids is 2. The van der Waals surface area contributed by atoms with Crippen LogP contribution in [0.15, 0.2) is 65.6 Å². The molecule has 0 aromatic heterocycles. The lowest BCUT2D eigenvalue weighted by Crippen LogP contribution is -2.53. The Hall–Kier alpha value is -2.49. The third-order valence-electron chi connectivity index (χ3n) is 6.81. The van der Waals surface area contributed by atoms with Gasteiger partial charge in [0, 0.05) is 27.7 Å². The molecule has 3 aromatic carbocycles. The third-order valence-corrected chi connectivity index (χ3v) is 9.72. The highest BCUT2D eigenvalue weighted by atomic mass is 35.5. The SMILES string of the molecule is CC[C@@H](C)NC(=O)[C@H](CC)N(Cc1ccc(Cl)cc1Cl)C(=O)CN(c1cc(Cl)ccc1Cl)S(=O)(=O)c1ccc(C)cc1. The Morgan fingerprint density at radius 2 is 1.48 bits per heavy atom. The summed E-state index contributed by atoms with van der Waals surface area (Å²) >= 11 is 25.2. The molecular weight excluding hydrogens is 640 g/mol. The molecule has 2 amide bonds. The lowest BCUT2D eigenvalue weighted by Gasteiger charge is -2.34. The predicted molar refractivity (Wildman–Crippen MR) is 171 cm³/mol. The van der Waals surface area contributed by atoms with E-state index in [9.17, 15) is 18.0 Å². The summed E-state index contributed by atoms with van der Waals surface area (Å²) in [6.07, 6.45) is 0.955. The Morgan fingerprint density at radius 1 is 0.857 bits per heavy atom. The first-order chi connectivity index (χ1) is 19.8. The summed E-state index contributed by atoms with van der Waals surface area (Å²) in [7, 11) is -4.30. The van der Waals surface area contributed by atoms with E-state index in [1.54, 1.807) is 37.3 Å². The maximum atomic E-state index is 14.2. The molecule has 3 rings (SSSR count). The highest BCUT2D eigenvalue weighted by molar-refractivity contribution is 7.92. The number of benzene rings is 3. The van der Waals surface area contributed by atoms with E-state index in [1.807, 2.05) is 20.8 Å². The number of halogens is 4. The second-order valence-electron chi connectivity index (χ2n) is 9.92. The van der Waals surface area contributed by atoms with E-state index in [0.29, 0.717) is 22.0 Å². The van der Waals surface area contributed by atoms with Gasteiger partial charge in [-0.2, -0.15) is 0 Å². The van der Waals surface area contributed by atoms with Gasteiger partial charge in [0.15, 0.2) is 0 Å². The summed E-state index contributed by atoms with van der Waals surface area (Å²) in [5, 5.41) is 3.96. The number of hydrogen-bond acceptors (Lipinski definition) is 4. The quantitative estimate of drug-likeness (QED) is 0.216. The summed E-state index contributed by atoms with van der Waals surface area (Å²) in [6, 6.07) is 14.4. The van der Waals surface area contributed by atoms with E-state index in [1.165, 1.54) is 35.2 Å². The second-order valence-corrected chi connectivity index (χ2v) is 13.5. The van der Waals surface area contributed by atoms with Gasteiger partial charge in [-0.1, -0.05) is 84.0 Å². The van der Waals surface area contributed by atoms with Gasteiger partial charge in [0.25, 0.3) is 10.0 Å². The fraction of sp³-hybridized carbons (Fsp3) is 0.333. The molecule has 0 saturated heterocycles. The van der Waals surface area contributed by atoms with Gasteiger partial charge in [0.05, 0.1) is 15.6 Å². The molecule has 7 nitrogen and oxygen atoms in total. The van der Waals surface area contributed by atoms with E-state index >= 15 is 0 Å². The molecule has 0 spiro atoms. The predicted octanol–water partition coefficient (Wildman–Crippen LogP) is 7.53. The van der Waals surface area contributed by atoms with Gasteiger partial charge < -0.3 is 10.2 Å². The second kappa shape index (κ2) is 14.8. The number of amides is 2. The van der Waals surface area contributed by atoms with Gasteiger partial charge in [0.1, 0.15) is 12.6 Å². The number of nitrogens with zero attached hydrogens (tertiary/aromatic N) is 2. The average molecular weight is 673 g/mol. The monoisotopic (exact) mass is 671 g/mol. The molecule has 12 heteroatoms. The van der Waals surface area contributed by atoms with Crippen LogP contribution >= 0.6 is 46.4 Å². The first-order valence-electron chi connectivity index (χ1n) is 13.4. The first kappa shape index (κ1) is 34.0. The standard InChI is InChI=1S/C30H33Cl4N3O4S/c1-5-20(4)35-30(39)27(6-2)36(17-21-9-10-22(31)15-26(21)34)29(38)18-37(28-16-23(32)11-14-25(28)33)42(40,41)24-12-7-19(3)8-13-24/h7-16,20,27H,5-6,17-18H2,1-4H3,(H,35,39)/t20-,27+/m1/s1. The van der Waals surface area contributed by atoms with Crippen LogP contribution in [0.2, 0.25) is 20.1 Å². The van der Waals surface area contributed by atoms with E-state index in [-0.39, 0.29) is 45.5 Å². The van der Waals surface area contributed by atoms with Crippen LogP contribution in [-0.2, 0) is 26.2 Å². The van der Waals surface area contributed by atoms with Crippen LogP contribution < -0.4 is 9.62 Å². The van der Waals surface area contributed by atoms with Gasteiger partial charge in [-0.25, -0.2) is 8.42 Å². The molecule has 0 saturated carbocycles. The minimum atomic E-state index is -4.30. The largest absolute Gasteiger partial charge is 0.352 e. The number of hydrogen-bond donors (Lipinski definition) is 1. The Bertz CT molecular complexity index is 1530. The number of sulfonamides is 1. The zero-order chi connectivity index (χ0) is 31.2. The molecule has 0 bridgehead atoms. The van der Waals surface area contributed by atoms with E-state index in [4.69, 9.17) is 46.4 Å². The summed E-state index contributed by atoms with van der Waals surface area (Å²) < 4.78 is 28.9. The smallest absolute Gasteiger partial charge is 0.264 e. The Kier molecular flexibility index (Phi) is 12.0. The maximum absolute atomic E-state index is 14.2. The molecular formula is C30H33Cl4N3O4S. The molecule has 0 unspecified atom stereocenters. The minimum Gasteiger partial charge on any atom is -0.352 e. The van der Waals surface area contributed by atoms with E-state index < -0.39 is 28.5 Å². The fourth-order valence-electron chi connectivity index (χ4n) is 4.22. The number of aryl methyl sites for hydroxylation is 1. The average Bonchev–Trinajstić information content (AvgIpc) is 2.94. The molecule has 0 radical (unpaired) electrons. The summed E-state index contributed by atoms with van der Waals surface area (Å²) in [5.41, 5.74) is 1.43. The van der Waals surface area contributed by atoms with Crippen molar-refractivity contribution in [3.05, 3.63) is 91.9 Å². The zero-order valence-electron chi connectivity index (χ0n) is 23.7. The minimum absolute atomic E-state index is 0.0275. The van der Waals surface area contributed by atoms with Crippen molar-refractivity contribution >= 4 is 73.9 Å². The molecule has 1 N–H and O–H groups in total. The van der Waals surface area contributed by atoms with Crippen molar-refractivity contribution in [2.45, 2.75) is 64.1 Å². The Morgan fingerprint density at radius 3 is 2.07 bits per heavy atom. The summed E-state index contributed by atoms with van der Waals surface area (Å²) in [5.74, 6) is -1.00. The maximum Gasteiger partial charge on any atom is 0.264 e. The topological polar surface area (TPSA) is 86.8 Å². The fourth-order valence-corrected chi connectivity index (χ4v) is 6.55. The van der Waals surface area contributed by atoms with Gasteiger partial charge in [-0.05, 0) is 74.7 Å². The molecule has 0 fully saturated rings. The lowest BCUT2D eigenvalue weighted by atomic mass is 10.1. The van der Waals surface area contributed by atoms with Crippen LogP contribution in [0.1, 0.15) is 44.7 Å². The molecule has 0 aliphatic carbocycles. The van der Waals surface area contributed by atoms with E-state index in [0.717, 1.165) is 9.87 Å². The Labute approximate surface area is 267 Å². The van der Waals surface area contributed by atoms with Gasteiger partial charge in [-0.15, -0.1) is 0 Å². The van der Waals surface area contributed by atoms with Gasteiger partial charge in [-0.3, -0.25) is 13.9 Å². The number of nitrogens with one attached hydrogen (secondary N) is 1. The van der Waals surface area contributed by atoms with Crippen molar-refractivity contribution in [2.75, 3.05) is 10.8 Å². The Balaban J connectivity index is 2.12. The van der Waals surface area contributed by atoms with Crippen molar-refractivity contribution in [2.24, 2.45) is 0 Å². The third kappa shape index (κ3) is 8.32. The lowest BCUT2D eigenvalue weighted by molar-refractivity contribution is -0.140. The molecule has 226 valence electrons. The highest BCUT2D eigenvalue weighted by Gasteiger charge is 2.35. The van der Waals surface area contributed by atoms with Crippen LogP contribution in [0.25, 0.3) is 0 Å². The normalized spacial score (nSPS) is 12.9. The molecule has 3 aromatic rings. The van der Waals surface area contributed by atoms with Crippen LogP contribution in [0.3, 0.4) is 0 Å². The summed E-state index contributed by atoms with van der Waals surface area (Å²) in [4.78, 5) is 28.9. The van der Waals surface area contributed by atoms with Crippen molar-refractivity contribution in [1.29, 1.82) is 0 Å². The highest BCUT2D eigenvalue weighted by Crippen LogP contribution is 2.33. The van der Waals surface area contributed by atoms with E-state index in [2.05, 4.69) is 5.32 Å². The molecule has 0 heterocycles. The molecule has 0 aliphatic heterocycles. The van der Waals surface area contributed by atoms with Crippen molar-refractivity contribution in [3.63, 3.8) is 0 Å². The van der Waals surface area contributed by atoms with Gasteiger partial charge in [0.2, 0.25) is 11.8 Å².